The van der Waals surface area contributed by atoms with Crippen LogP contribution in [-0.2, 0) is 10.0 Å². The minimum absolute atomic E-state index is 0.147. The maximum Gasteiger partial charge on any atom is 0.240 e. The first-order chi connectivity index (χ1) is 17.9. The van der Waals surface area contributed by atoms with Crippen molar-refractivity contribution in [1.82, 2.24) is 14.5 Å². The second-order valence-corrected chi connectivity index (χ2v) is 10.8. The third-order valence-electron chi connectivity index (χ3n) is 6.66. The fraction of sp³-hybridized carbons (Fsp3) is 0.333. The lowest BCUT2D eigenvalue weighted by Crippen LogP contribution is -2.48. The summed E-state index contributed by atoms with van der Waals surface area (Å²) in [6.07, 6.45) is 0. The lowest BCUT2D eigenvalue weighted by molar-refractivity contribution is 0.112. The van der Waals surface area contributed by atoms with E-state index >= 15 is 0 Å². The van der Waals surface area contributed by atoms with Gasteiger partial charge >= 0.3 is 0 Å². The average Bonchev–Trinajstić information content (AvgIpc) is 3.39. The smallest absolute Gasteiger partial charge is 0.240 e. The Hall–Kier alpha value is -3.31. The molecule has 196 valence electrons. The summed E-state index contributed by atoms with van der Waals surface area (Å²) < 4.78 is 51.5. The fourth-order valence-corrected chi connectivity index (χ4v) is 5.54. The second kappa shape index (κ2) is 11.0. The fourth-order valence-electron chi connectivity index (χ4n) is 4.50. The summed E-state index contributed by atoms with van der Waals surface area (Å²) in [6, 6.07) is 19.3. The van der Waals surface area contributed by atoms with E-state index in [0.29, 0.717) is 28.7 Å². The van der Waals surface area contributed by atoms with Crippen molar-refractivity contribution >= 4 is 10.0 Å². The second-order valence-electron chi connectivity index (χ2n) is 9.04. The molecule has 0 bridgehead atoms. The monoisotopic (exact) mass is 525 g/mol. The van der Waals surface area contributed by atoms with Crippen molar-refractivity contribution in [3.8, 4) is 28.7 Å². The highest BCUT2D eigenvalue weighted by Gasteiger charge is 2.27. The molecule has 10 heteroatoms. The third-order valence-corrected chi connectivity index (χ3v) is 8.10. The number of para-hydroxylation sites is 2. The van der Waals surface area contributed by atoms with Crippen LogP contribution < -0.4 is 23.7 Å². The molecule has 1 atom stereocenters. The number of sulfonamides is 1. The summed E-state index contributed by atoms with van der Waals surface area (Å²) in [6.45, 7) is 3.94. The Morgan fingerprint density at radius 3 is 2.35 bits per heavy atom. The van der Waals surface area contributed by atoms with Crippen LogP contribution in [0.25, 0.3) is 0 Å². The number of ether oxygens (including phenoxy) is 4. The van der Waals surface area contributed by atoms with Crippen LogP contribution in [0.15, 0.2) is 71.6 Å². The predicted molar refractivity (Wildman–Crippen MR) is 139 cm³/mol. The molecule has 0 aromatic heterocycles. The Balaban J connectivity index is 1.31. The Labute approximate surface area is 217 Å². The third kappa shape index (κ3) is 5.83. The van der Waals surface area contributed by atoms with Crippen LogP contribution in [0.5, 0.6) is 28.7 Å². The molecule has 2 aliphatic rings. The molecule has 0 radical (unpaired) electrons. The van der Waals surface area contributed by atoms with E-state index in [4.69, 9.17) is 18.9 Å². The first-order valence-electron chi connectivity index (χ1n) is 12.2. The summed E-state index contributed by atoms with van der Waals surface area (Å²) in [5.74, 6) is 3.05. The average molecular weight is 526 g/mol. The number of methoxy groups -OCH3 is 1. The highest BCUT2D eigenvalue weighted by Crippen LogP contribution is 2.36. The van der Waals surface area contributed by atoms with Crippen LogP contribution in [0.3, 0.4) is 0 Å². The normalized spacial score (nSPS) is 16.9. The first kappa shape index (κ1) is 25.3. The van der Waals surface area contributed by atoms with Crippen LogP contribution in [0.2, 0.25) is 0 Å². The molecular weight excluding hydrogens is 494 g/mol. The van der Waals surface area contributed by atoms with Crippen LogP contribution in [0, 0.1) is 0 Å². The minimum atomic E-state index is -3.75. The zero-order valence-corrected chi connectivity index (χ0v) is 21.7. The molecule has 2 heterocycles. The van der Waals surface area contributed by atoms with Gasteiger partial charge in [0.15, 0.2) is 23.0 Å². The Bertz CT molecular complexity index is 1320. The number of fused-ring (bicyclic) bond motifs is 1. The molecule has 2 aliphatic heterocycles. The minimum Gasteiger partial charge on any atom is -0.493 e. The molecule has 37 heavy (non-hydrogen) atoms. The van der Waals surface area contributed by atoms with Gasteiger partial charge in [0.25, 0.3) is 0 Å². The molecule has 1 unspecified atom stereocenters. The molecule has 0 saturated carbocycles. The van der Waals surface area contributed by atoms with Gasteiger partial charge < -0.3 is 23.8 Å². The van der Waals surface area contributed by atoms with E-state index in [1.165, 1.54) is 0 Å². The van der Waals surface area contributed by atoms with Crippen molar-refractivity contribution in [3.05, 3.63) is 72.3 Å². The van der Waals surface area contributed by atoms with Crippen molar-refractivity contribution < 1.29 is 27.4 Å². The number of piperazine rings is 1. The van der Waals surface area contributed by atoms with Crippen LogP contribution >= 0.6 is 0 Å². The SMILES string of the molecule is COc1ccccc1Oc1ccc(S(=O)(=O)NCC(c2ccc3c(c2)OCO3)N2CCN(C)CC2)cc1. The van der Waals surface area contributed by atoms with E-state index in [9.17, 15) is 8.42 Å². The van der Waals surface area contributed by atoms with Gasteiger partial charge in [0.1, 0.15) is 5.75 Å². The van der Waals surface area contributed by atoms with Crippen molar-refractivity contribution in [1.29, 1.82) is 0 Å². The highest BCUT2D eigenvalue weighted by molar-refractivity contribution is 7.89. The van der Waals surface area contributed by atoms with Crippen LogP contribution in [-0.4, -0.2) is 71.9 Å². The maximum absolute atomic E-state index is 13.2. The summed E-state index contributed by atoms with van der Waals surface area (Å²) >= 11 is 0. The zero-order valence-electron chi connectivity index (χ0n) is 20.9. The van der Waals surface area contributed by atoms with Crippen LogP contribution in [0.4, 0.5) is 0 Å². The number of nitrogens with one attached hydrogen (secondary N) is 1. The molecule has 0 aliphatic carbocycles. The summed E-state index contributed by atoms with van der Waals surface area (Å²) in [5, 5.41) is 0. The number of likely N-dealkylation sites (N-methyl/N-ethyl adjacent to an activating group) is 1. The van der Waals surface area contributed by atoms with Crippen LogP contribution in [0.1, 0.15) is 11.6 Å². The van der Waals surface area contributed by atoms with Gasteiger partial charge in [-0.2, -0.15) is 0 Å². The van der Waals surface area contributed by atoms with Gasteiger partial charge in [-0.05, 0) is 61.1 Å². The molecular formula is C27H31N3O6S. The Morgan fingerprint density at radius 2 is 1.62 bits per heavy atom. The lowest BCUT2D eigenvalue weighted by atomic mass is 10.0. The molecule has 1 fully saturated rings. The summed E-state index contributed by atoms with van der Waals surface area (Å²) in [7, 11) is -0.0839. The number of benzene rings is 3. The van der Waals surface area contributed by atoms with Gasteiger partial charge in [-0.3, -0.25) is 4.90 Å². The molecule has 5 rings (SSSR count). The standard InChI is InChI=1S/C27H31N3O6S/c1-29-13-15-30(16-14-29)23(20-7-12-25-27(17-20)35-19-34-25)18-28-37(31,32)22-10-8-21(9-11-22)36-26-6-4-3-5-24(26)33-2/h3-12,17,23,28H,13-16,18-19H2,1-2H3. The predicted octanol–water partition coefficient (Wildman–Crippen LogP) is 3.48. The number of nitrogens with zero attached hydrogens (tertiary/aromatic N) is 2. The van der Waals surface area contributed by atoms with E-state index in [1.807, 2.05) is 30.3 Å². The highest BCUT2D eigenvalue weighted by atomic mass is 32.2. The van der Waals surface area contributed by atoms with Gasteiger partial charge in [-0.25, -0.2) is 13.1 Å². The molecule has 9 nitrogen and oxygen atoms in total. The van der Waals surface area contributed by atoms with Crippen molar-refractivity contribution in [2.75, 3.05) is 53.7 Å². The number of hydrogen-bond acceptors (Lipinski definition) is 8. The largest absolute Gasteiger partial charge is 0.493 e. The maximum atomic E-state index is 13.2. The summed E-state index contributed by atoms with van der Waals surface area (Å²) in [4.78, 5) is 4.75. The molecule has 3 aromatic rings. The van der Waals surface area contributed by atoms with Crippen molar-refractivity contribution in [2.45, 2.75) is 10.9 Å². The Morgan fingerprint density at radius 1 is 0.919 bits per heavy atom. The lowest BCUT2D eigenvalue weighted by Gasteiger charge is -2.38. The molecule has 0 spiro atoms. The van der Waals surface area contributed by atoms with Crippen molar-refractivity contribution in [2.24, 2.45) is 0 Å². The molecule has 3 aromatic carbocycles. The topological polar surface area (TPSA) is 89.6 Å². The number of rotatable bonds is 9. The zero-order chi connectivity index (χ0) is 25.8. The van der Waals surface area contributed by atoms with Gasteiger partial charge in [-0.1, -0.05) is 18.2 Å². The van der Waals surface area contributed by atoms with Crippen molar-refractivity contribution in [3.63, 3.8) is 0 Å². The van der Waals surface area contributed by atoms with Gasteiger partial charge in [0.05, 0.1) is 12.0 Å². The van der Waals surface area contributed by atoms with Gasteiger partial charge in [-0.15, -0.1) is 0 Å². The molecule has 1 N–H and O–H groups in total. The quantitative estimate of drug-likeness (QED) is 0.454. The van der Waals surface area contributed by atoms with Gasteiger partial charge in [0, 0.05) is 38.8 Å². The van der Waals surface area contributed by atoms with E-state index in [2.05, 4.69) is 21.6 Å². The van der Waals surface area contributed by atoms with E-state index in [-0.39, 0.29) is 24.3 Å². The van der Waals surface area contributed by atoms with E-state index in [0.717, 1.165) is 31.7 Å². The molecule has 1 saturated heterocycles. The molecule has 0 amide bonds. The Kier molecular flexibility index (Phi) is 7.52. The first-order valence-corrected chi connectivity index (χ1v) is 13.6. The number of hydrogen-bond donors (Lipinski definition) is 1. The van der Waals surface area contributed by atoms with E-state index < -0.39 is 10.0 Å². The van der Waals surface area contributed by atoms with Gasteiger partial charge in [0.2, 0.25) is 16.8 Å². The van der Waals surface area contributed by atoms with E-state index in [1.54, 1.807) is 43.5 Å². The summed E-state index contributed by atoms with van der Waals surface area (Å²) in [5.41, 5.74) is 0.983.